The lowest BCUT2D eigenvalue weighted by molar-refractivity contribution is -0.132. The van der Waals surface area contributed by atoms with E-state index < -0.39 is 12.0 Å². The van der Waals surface area contributed by atoms with Crippen LogP contribution in [0.25, 0.3) is 0 Å². The van der Waals surface area contributed by atoms with E-state index in [9.17, 15) is 9.59 Å². The molecule has 0 aliphatic carbocycles. The van der Waals surface area contributed by atoms with Crippen molar-refractivity contribution >= 4 is 29.0 Å². The Morgan fingerprint density at radius 1 is 1.48 bits per heavy atom. The normalized spacial score (nSPS) is 19.4. The number of amides is 2. The Labute approximate surface area is 129 Å². The first kappa shape index (κ1) is 15.4. The maximum Gasteiger partial charge on any atom is 0.244 e. The molecule has 1 aromatic rings. The molecular formula is C15H19N3O2S. The molecule has 1 aliphatic rings. The SMILES string of the molecule is CN1CCC(NC(=O)C(Cc2ccccc2)C(N)=S)C1=O. The van der Waals surface area contributed by atoms with E-state index in [4.69, 9.17) is 18.0 Å². The third-order valence-corrected chi connectivity index (χ3v) is 3.97. The molecule has 2 atom stereocenters. The summed E-state index contributed by atoms with van der Waals surface area (Å²) in [5, 5.41) is 2.76. The van der Waals surface area contributed by atoms with E-state index in [0.717, 1.165) is 5.56 Å². The van der Waals surface area contributed by atoms with Crippen LogP contribution in [0.15, 0.2) is 30.3 Å². The maximum absolute atomic E-state index is 12.3. The van der Waals surface area contributed by atoms with Gasteiger partial charge in [0, 0.05) is 13.6 Å². The summed E-state index contributed by atoms with van der Waals surface area (Å²) in [7, 11) is 1.73. The van der Waals surface area contributed by atoms with Crippen LogP contribution in [0.1, 0.15) is 12.0 Å². The number of nitrogens with one attached hydrogen (secondary N) is 1. The summed E-state index contributed by atoms with van der Waals surface area (Å²) in [6, 6.07) is 9.10. The van der Waals surface area contributed by atoms with Crippen molar-refractivity contribution < 1.29 is 9.59 Å². The van der Waals surface area contributed by atoms with E-state index in [0.29, 0.717) is 19.4 Å². The van der Waals surface area contributed by atoms with E-state index in [1.54, 1.807) is 11.9 Å². The van der Waals surface area contributed by atoms with Gasteiger partial charge in [0.1, 0.15) is 6.04 Å². The Balaban J connectivity index is 2.03. The molecule has 0 aromatic heterocycles. The number of hydrogen-bond donors (Lipinski definition) is 2. The van der Waals surface area contributed by atoms with Gasteiger partial charge in [-0.15, -0.1) is 0 Å². The largest absolute Gasteiger partial charge is 0.393 e. The highest BCUT2D eigenvalue weighted by molar-refractivity contribution is 7.80. The maximum atomic E-state index is 12.3. The van der Waals surface area contributed by atoms with Crippen molar-refractivity contribution in [2.75, 3.05) is 13.6 Å². The highest BCUT2D eigenvalue weighted by Gasteiger charge is 2.32. The fourth-order valence-electron chi connectivity index (χ4n) is 2.40. The quantitative estimate of drug-likeness (QED) is 0.776. The van der Waals surface area contributed by atoms with E-state index in [1.165, 1.54) is 0 Å². The lowest BCUT2D eigenvalue weighted by atomic mass is 9.98. The summed E-state index contributed by atoms with van der Waals surface area (Å²) in [5.74, 6) is -0.939. The number of carbonyl (C=O) groups excluding carboxylic acids is 2. The van der Waals surface area contributed by atoms with E-state index in [-0.39, 0.29) is 16.8 Å². The second-order valence-corrected chi connectivity index (χ2v) is 5.73. The van der Waals surface area contributed by atoms with E-state index >= 15 is 0 Å². The van der Waals surface area contributed by atoms with Gasteiger partial charge >= 0.3 is 0 Å². The van der Waals surface area contributed by atoms with Crippen LogP contribution < -0.4 is 11.1 Å². The minimum absolute atomic E-state index is 0.0650. The minimum Gasteiger partial charge on any atom is -0.393 e. The zero-order valence-electron chi connectivity index (χ0n) is 11.9. The Morgan fingerprint density at radius 2 is 2.14 bits per heavy atom. The average Bonchev–Trinajstić information content (AvgIpc) is 2.77. The standard InChI is InChI=1S/C15H19N3O2S/c1-18-8-7-12(15(18)20)17-14(19)11(13(16)21)9-10-5-3-2-4-6-10/h2-6,11-12H,7-9H2,1H3,(H2,16,21)(H,17,19). The molecule has 1 aromatic carbocycles. The topological polar surface area (TPSA) is 75.4 Å². The molecule has 0 spiro atoms. The molecule has 0 saturated carbocycles. The van der Waals surface area contributed by atoms with Gasteiger partial charge in [-0.1, -0.05) is 42.5 Å². The van der Waals surface area contributed by atoms with Gasteiger partial charge in [0.15, 0.2) is 0 Å². The fraction of sp³-hybridized carbons (Fsp3) is 0.400. The number of nitrogens with two attached hydrogens (primary N) is 1. The first-order valence-corrected chi connectivity index (χ1v) is 7.28. The van der Waals surface area contributed by atoms with Gasteiger partial charge in [0.2, 0.25) is 11.8 Å². The molecule has 0 bridgehead atoms. The first-order valence-electron chi connectivity index (χ1n) is 6.87. The molecule has 1 heterocycles. The van der Waals surface area contributed by atoms with Gasteiger partial charge in [0.05, 0.1) is 10.9 Å². The summed E-state index contributed by atoms with van der Waals surface area (Å²) in [6.07, 6.45) is 1.06. The van der Waals surface area contributed by atoms with Crippen molar-refractivity contribution in [1.82, 2.24) is 10.2 Å². The number of thiocarbonyl (C=S) groups is 1. The molecule has 1 fully saturated rings. The highest BCUT2D eigenvalue weighted by Crippen LogP contribution is 2.13. The molecule has 6 heteroatoms. The lowest BCUT2D eigenvalue weighted by Crippen LogP contribution is -2.46. The number of benzene rings is 1. The van der Waals surface area contributed by atoms with Crippen LogP contribution in [-0.4, -0.2) is 41.3 Å². The zero-order chi connectivity index (χ0) is 15.4. The van der Waals surface area contributed by atoms with Gasteiger partial charge in [-0.2, -0.15) is 0 Å². The number of hydrogen-bond acceptors (Lipinski definition) is 3. The Kier molecular flexibility index (Phi) is 4.90. The number of likely N-dealkylation sites (tertiary alicyclic amines) is 1. The van der Waals surface area contributed by atoms with Crippen LogP contribution in [0, 0.1) is 5.92 Å². The summed E-state index contributed by atoms with van der Waals surface area (Å²) >= 11 is 5.01. The molecule has 2 unspecified atom stereocenters. The number of rotatable bonds is 5. The molecule has 2 rings (SSSR count). The van der Waals surface area contributed by atoms with Gasteiger partial charge in [0.25, 0.3) is 0 Å². The van der Waals surface area contributed by atoms with Crippen LogP contribution >= 0.6 is 12.2 Å². The van der Waals surface area contributed by atoms with E-state index in [1.807, 2.05) is 30.3 Å². The van der Waals surface area contributed by atoms with Gasteiger partial charge in [-0.05, 0) is 18.4 Å². The smallest absolute Gasteiger partial charge is 0.244 e. The third kappa shape index (κ3) is 3.78. The second kappa shape index (κ2) is 6.67. The molecule has 1 aliphatic heterocycles. The van der Waals surface area contributed by atoms with Crippen molar-refractivity contribution in [2.45, 2.75) is 18.9 Å². The molecule has 5 nitrogen and oxygen atoms in total. The number of likely N-dealkylation sites (N-methyl/N-ethyl adjacent to an activating group) is 1. The molecule has 3 N–H and O–H groups in total. The third-order valence-electron chi connectivity index (χ3n) is 3.69. The Hall–Kier alpha value is -1.95. The molecule has 2 amide bonds. The highest BCUT2D eigenvalue weighted by atomic mass is 32.1. The summed E-state index contributed by atoms with van der Waals surface area (Å²) < 4.78 is 0. The van der Waals surface area contributed by atoms with Crippen LogP contribution in [0.4, 0.5) is 0 Å². The monoisotopic (exact) mass is 305 g/mol. The summed E-state index contributed by atoms with van der Waals surface area (Å²) in [4.78, 5) is 25.9. The van der Waals surface area contributed by atoms with Crippen molar-refractivity contribution in [3.8, 4) is 0 Å². The minimum atomic E-state index is -0.596. The fourth-order valence-corrected chi connectivity index (χ4v) is 2.59. The zero-order valence-corrected chi connectivity index (χ0v) is 12.7. The predicted octanol–water partition coefficient (Wildman–Crippen LogP) is 0.478. The number of nitrogens with zero attached hydrogens (tertiary/aromatic N) is 1. The first-order chi connectivity index (χ1) is 9.99. The summed E-state index contributed by atoms with van der Waals surface area (Å²) in [6.45, 7) is 0.653. The van der Waals surface area contributed by atoms with Crippen LogP contribution in [0.2, 0.25) is 0 Å². The van der Waals surface area contributed by atoms with Crippen molar-refractivity contribution in [2.24, 2.45) is 11.7 Å². The van der Waals surface area contributed by atoms with Gasteiger partial charge in [-0.25, -0.2) is 0 Å². The molecule has 1 saturated heterocycles. The molecule has 0 radical (unpaired) electrons. The molecular weight excluding hydrogens is 286 g/mol. The van der Waals surface area contributed by atoms with Crippen molar-refractivity contribution in [1.29, 1.82) is 0 Å². The van der Waals surface area contributed by atoms with Gasteiger partial charge < -0.3 is 16.0 Å². The van der Waals surface area contributed by atoms with Crippen LogP contribution in [-0.2, 0) is 16.0 Å². The van der Waals surface area contributed by atoms with Crippen molar-refractivity contribution in [3.63, 3.8) is 0 Å². The van der Waals surface area contributed by atoms with Crippen molar-refractivity contribution in [3.05, 3.63) is 35.9 Å². The Bertz CT molecular complexity index is 547. The number of carbonyl (C=O) groups is 2. The Morgan fingerprint density at radius 3 is 2.67 bits per heavy atom. The van der Waals surface area contributed by atoms with Crippen LogP contribution in [0.3, 0.4) is 0 Å². The molecule has 112 valence electrons. The molecule has 21 heavy (non-hydrogen) atoms. The second-order valence-electron chi connectivity index (χ2n) is 5.25. The predicted molar refractivity (Wildman–Crippen MR) is 84.6 cm³/mol. The van der Waals surface area contributed by atoms with E-state index in [2.05, 4.69) is 5.32 Å². The summed E-state index contributed by atoms with van der Waals surface area (Å²) in [5.41, 5.74) is 6.68. The average molecular weight is 305 g/mol. The van der Waals surface area contributed by atoms with Crippen LogP contribution in [0.5, 0.6) is 0 Å². The van der Waals surface area contributed by atoms with Gasteiger partial charge in [-0.3, -0.25) is 9.59 Å². The lowest BCUT2D eigenvalue weighted by Gasteiger charge is -2.18.